The summed E-state index contributed by atoms with van der Waals surface area (Å²) >= 11 is 0. The molecular formula is C14H12BN2. The summed E-state index contributed by atoms with van der Waals surface area (Å²) in [5.41, 5.74) is 4.47. The molecule has 0 aliphatic heterocycles. The van der Waals surface area contributed by atoms with Gasteiger partial charge in [0.1, 0.15) is 7.28 Å². The van der Waals surface area contributed by atoms with Crippen LogP contribution in [0.2, 0.25) is 6.82 Å². The Hall–Kier alpha value is -2.03. The van der Waals surface area contributed by atoms with Gasteiger partial charge in [0.15, 0.2) is 0 Å². The van der Waals surface area contributed by atoms with Gasteiger partial charge >= 0.3 is 0 Å². The van der Waals surface area contributed by atoms with Gasteiger partial charge in [-0.2, -0.15) is 5.10 Å². The van der Waals surface area contributed by atoms with Crippen LogP contribution in [0.3, 0.4) is 0 Å². The predicted octanol–water partition coefficient (Wildman–Crippen LogP) is 2.61. The van der Waals surface area contributed by atoms with Crippen LogP contribution in [0.5, 0.6) is 0 Å². The van der Waals surface area contributed by atoms with Gasteiger partial charge < -0.3 is 0 Å². The molecule has 0 atom stereocenters. The van der Waals surface area contributed by atoms with E-state index in [0.29, 0.717) is 0 Å². The van der Waals surface area contributed by atoms with Gasteiger partial charge in [-0.3, -0.25) is 5.10 Å². The van der Waals surface area contributed by atoms with Crippen molar-refractivity contribution in [3.63, 3.8) is 0 Å². The van der Waals surface area contributed by atoms with E-state index in [-0.39, 0.29) is 0 Å². The maximum Gasteiger partial charge on any atom is 0.148 e. The van der Waals surface area contributed by atoms with Crippen molar-refractivity contribution in [2.24, 2.45) is 0 Å². The van der Waals surface area contributed by atoms with E-state index in [0.717, 1.165) is 16.8 Å². The summed E-state index contributed by atoms with van der Waals surface area (Å²) in [6.45, 7) is 2.04. The molecule has 2 nitrogen and oxygen atoms in total. The van der Waals surface area contributed by atoms with Crippen LogP contribution >= 0.6 is 0 Å². The average Bonchev–Trinajstić information content (AvgIpc) is 2.83. The standard InChI is InChI=1S/C14H12BN2/c1-15-11-8-6-10(7-9-11)14-12-4-2-3-5-13(12)16-17-14/h2-9H,1H3,(H,16,17). The highest BCUT2D eigenvalue weighted by atomic mass is 15.1. The molecule has 3 heteroatoms. The molecule has 0 unspecified atom stereocenters. The second-order valence-electron chi connectivity index (χ2n) is 4.03. The van der Waals surface area contributed by atoms with E-state index in [1.807, 2.05) is 25.0 Å². The molecular weight excluding hydrogens is 207 g/mol. The van der Waals surface area contributed by atoms with E-state index in [4.69, 9.17) is 0 Å². The van der Waals surface area contributed by atoms with Crippen molar-refractivity contribution in [3.8, 4) is 11.3 Å². The fourth-order valence-electron chi connectivity index (χ4n) is 2.02. The number of aromatic nitrogens is 2. The molecule has 1 aromatic heterocycles. The van der Waals surface area contributed by atoms with Crippen molar-refractivity contribution in [1.29, 1.82) is 0 Å². The summed E-state index contributed by atoms with van der Waals surface area (Å²) in [6.07, 6.45) is 0. The molecule has 1 radical (unpaired) electrons. The van der Waals surface area contributed by atoms with Gasteiger partial charge in [0.05, 0.1) is 11.2 Å². The molecule has 0 saturated heterocycles. The smallest absolute Gasteiger partial charge is 0.148 e. The van der Waals surface area contributed by atoms with Crippen LogP contribution in [0.15, 0.2) is 48.5 Å². The zero-order valence-electron chi connectivity index (χ0n) is 9.64. The Morgan fingerprint density at radius 1 is 1.00 bits per heavy atom. The van der Waals surface area contributed by atoms with Crippen molar-refractivity contribution < 1.29 is 0 Å². The topological polar surface area (TPSA) is 28.7 Å². The first-order chi connectivity index (χ1) is 8.38. The van der Waals surface area contributed by atoms with E-state index in [1.165, 1.54) is 10.8 Å². The normalized spacial score (nSPS) is 10.6. The second-order valence-corrected chi connectivity index (χ2v) is 4.03. The highest BCUT2D eigenvalue weighted by molar-refractivity contribution is 6.51. The Labute approximate surface area is 101 Å². The van der Waals surface area contributed by atoms with E-state index in [9.17, 15) is 0 Å². The zero-order valence-corrected chi connectivity index (χ0v) is 9.64. The molecule has 0 fully saturated rings. The molecule has 0 aliphatic carbocycles. The van der Waals surface area contributed by atoms with Crippen molar-refractivity contribution in [2.45, 2.75) is 6.82 Å². The van der Waals surface area contributed by atoms with E-state index in [1.54, 1.807) is 0 Å². The van der Waals surface area contributed by atoms with Gasteiger partial charge in [-0.1, -0.05) is 54.8 Å². The van der Waals surface area contributed by atoms with E-state index in [2.05, 4.69) is 47.8 Å². The third-order valence-corrected chi connectivity index (χ3v) is 2.99. The first-order valence-electron chi connectivity index (χ1n) is 5.71. The highest BCUT2D eigenvalue weighted by Crippen LogP contribution is 2.25. The summed E-state index contributed by atoms with van der Waals surface area (Å²) in [6, 6.07) is 16.6. The monoisotopic (exact) mass is 219 g/mol. The number of para-hydroxylation sites is 1. The summed E-state index contributed by atoms with van der Waals surface area (Å²) in [4.78, 5) is 0. The van der Waals surface area contributed by atoms with Crippen LogP contribution in [0.4, 0.5) is 0 Å². The third-order valence-electron chi connectivity index (χ3n) is 2.99. The first kappa shape index (κ1) is 10.1. The van der Waals surface area contributed by atoms with Gasteiger partial charge in [0, 0.05) is 10.9 Å². The zero-order chi connectivity index (χ0) is 11.7. The van der Waals surface area contributed by atoms with E-state index >= 15 is 0 Å². The number of nitrogens with one attached hydrogen (secondary N) is 1. The van der Waals surface area contributed by atoms with Crippen LogP contribution in [0, 0.1) is 0 Å². The number of benzene rings is 2. The molecule has 3 aromatic rings. The summed E-state index contributed by atoms with van der Waals surface area (Å²) in [5.74, 6) is 0. The number of hydrogen-bond acceptors (Lipinski definition) is 1. The molecule has 3 rings (SSSR count). The van der Waals surface area contributed by atoms with Gasteiger partial charge in [-0.15, -0.1) is 0 Å². The van der Waals surface area contributed by atoms with Gasteiger partial charge in [-0.25, -0.2) is 0 Å². The highest BCUT2D eigenvalue weighted by Gasteiger charge is 2.06. The van der Waals surface area contributed by atoms with Crippen LogP contribution < -0.4 is 5.46 Å². The minimum Gasteiger partial charge on any atom is -0.277 e. The average molecular weight is 219 g/mol. The van der Waals surface area contributed by atoms with Crippen LogP contribution in [-0.4, -0.2) is 17.5 Å². The SMILES string of the molecule is C[B]c1ccc(-c2n[nH]c3ccccc23)cc1. The number of hydrogen-bond donors (Lipinski definition) is 1. The number of rotatable bonds is 2. The fraction of sp³-hybridized carbons (Fsp3) is 0.0714. The molecule has 2 aromatic carbocycles. The van der Waals surface area contributed by atoms with E-state index < -0.39 is 0 Å². The molecule has 1 N–H and O–H groups in total. The molecule has 1 heterocycles. The minimum atomic E-state index is 1.02. The lowest BCUT2D eigenvalue weighted by Crippen LogP contribution is -2.08. The quantitative estimate of drug-likeness (QED) is 0.659. The summed E-state index contributed by atoms with van der Waals surface area (Å²) < 4.78 is 0. The lowest BCUT2D eigenvalue weighted by atomic mass is 9.73. The maximum atomic E-state index is 4.39. The Morgan fingerprint density at radius 3 is 2.53 bits per heavy atom. The van der Waals surface area contributed by atoms with Crippen LogP contribution in [-0.2, 0) is 0 Å². The maximum absolute atomic E-state index is 4.39. The van der Waals surface area contributed by atoms with Crippen molar-refractivity contribution in [1.82, 2.24) is 10.2 Å². The van der Waals surface area contributed by atoms with Crippen LogP contribution in [0.25, 0.3) is 22.2 Å². The molecule has 0 amide bonds. The molecule has 17 heavy (non-hydrogen) atoms. The number of aromatic amines is 1. The Kier molecular flexibility index (Phi) is 2.44. The summed E-state index contributed by atoms with van der Waals surface area (Å²) in [7, 11) is 2.09. The van der Waals surface area contributed by atoms with Crippen LogP contribution in [0.1, 0.15) is 0 Å². The van der Waals surface area contributed by atoms with Gasteiger partial charge in [0.25, 0.3) is 0 Å². The molecule has 0 aliphatic rings. The Balaban J connectivity index is 2.13. The van der Waals surface area contributed by atoms with Crippen molar-refractivity contribution in [3.05, 3.63) is 48.5 Å². The molecule has 0 saturated carbocycles. The third kappa shape index (κ3) is 1.74. The molecule has 81 valence electrons. The number of nitrogens with zero attached hydrogens (tertiary/aromatic N) is 1. The Bertz CT molecular complexity index is 641. The second kappa shape index (κ2) is 4.09. The van der Waals surface area contributed by atoms with Crippen molar-refractivity contribution in [2.75, 3.05) is 0 Å². The molecule has 0 spiro atoms. The largest absolute Gasteiger partial charge is 0.277 e. The number of fused-ring (bicyclic) bond motifs is 1. The lowest BCUT2D eigenvalue weighted by Gasteiger charge is -1.99. The summed E-state index contributed by atoms with van der Waals surface area (Å²) in [5, 5.41) is 8.61. The predicted molar refractivity (Wildman–Crippen MR) is 72.8 cm³/mol. The van der Waals surface area contributed by atoms with Crippen molar-refractivity contribution >= 4 is 23.6 Å². The number of H-pyrrole nitrogens is 1. The minimum absolute atomic E-state index is 1.02. The van der Waals surface area contributed by atoms with Gasteiger partial charge in [0.2, 0.25) is 0 Å². The molecule has 0 bridgehead atoms. The fourth-order valence-corrected chi connectivity index (χ4v) is 2.02. The van der Waals surface area contributed by atoms with Gasteiger partial charge in [-0.05, 0) is 6.07 Å². The Morgan fingerprint density at radius 2 is 1.76 bits per heavy atom. The first-order valence-corrected chi connectivity index (χ1v) is 5.71. The lowest BCUT2D eigenvalue weighted by molar-refractivity contribution is 1.12.